The van der Waals surface area contributed by atoms with Crippen LogP contribution in [-0.2, 0) is 6.54 Å². The van der Waals surface area contributed by atoms with E-state index in [4.69, 9.17) is 4.98 Å². The van der Waals surface area contributed by atoms with E-state index in [0.29, 0.717) is 5.95 Å². The highest BCUT2D eigenvalue weighted by molar-refractivity contribution is 5.64. The van der Waals surface area contributed by atoms with Crippen LogP contribution in [0.25, 0.3) is 11.3 Å². The average Bonchev–Trinajstić information content (AvgIpc) is 2.70. The second-order valence-corrected chi connectivity index (χ2v) is 7.25. The number of rotatable bonds is 9. The van der Waals surface area contributed by atoms with Crippen molar-refractivity contribution in [3.05, 3.63) is 71.8 Å². The monoisotopic (exact) mass is 375 g/mol. The second-order valence-electron chi connectivity index (χ2n) is 7.25. The van der Waals surface area contributed by atoms with Gasteiger partial charge in [0.1, 0.15) is 5.82 Å². The van der Waals surface area contributed by atoms with Crippen LogP contribution in [0.15, 0.2) is 60.7 Å². The Balaban J connectivity index is 1.76. The lowest BCUT2D eigenvalue weighted by atomic mass is 10.1. The van der Waals surface area contributed by atoms with Crippen molar-refractivity contribution in [2.45, 2.75) is 19.9 Å². The van der Waals surface area contributed by atoms with Crippen molar-refractivity contribution < 1.29 is 0 Å². The Kier molecular flexibility index (Phi) is 6.98. The van der Waals surface area contributed by atoms with Crippen LogP contribution >= 0.6 is 0 Å². The van der Waals surface area contributed by atoms with E-state index in [9.17, 15) is 0 Å². The van der Waals surface area contributed by atoms with E-state index >= 15 is 0 Å². The summed E-state index contributed by atoms with van der Waals surface area (Å²) in [5, 5.41) is 6.82. The van der Waals surface area contributed by atoms with E-state index < -0.39 is 0 Å². The maximum Gasteiger partial charge on any atom is 0.225 e. The molecule has 3 rings (SSSR count). The van der Waals surface area contributed by atoms with Crippen molar-refractivity contribution in [1.82, 2.24) is 14.9 Å². The lowest BCUT2D eigenvalue weighted by molar-refractivity contribution is 0.405. The standard InChI is InChI=1S/C23H29N5/c1-18-9-7-10-19(15-18)17-25-22-16-21(20-11-5-4-6-12-20)26-23(27-22)24-13-8-14-28(2)3/h4-7,9-12,15-16H,8,13-14,17H2,1-3H3,(H2,24,25,26,27). The van der Waals surface area contributed by atoms with Crippen LogP contribution in [0, 0.1) is 6.92 Å². The number of nitrogens with one attached hydrogen (secondary N) is 2. The summed E-state index contributed by atoms with van der Waals surface area (Å²) in [5.41, 5.74) is 4.49. The first kappa shape index (κ1) is 19.8. The van der Waals surface area contributed by atoms with Gasteiger partial charge < -0.3 is 15.5 Å². The van der Waals surface area contributed by atoms with Crippen molar-refractivity contribution in [2.75, 3.05) is 37.8 Å². The molecule has 5 nitrogen and oxygen atoms in total. The maximum absolute atomic E-state index is 4.71. The van der Waals surface area contributed by atoms with E-state index in [1.54, 1.807) is 0 Å². The van der Waals surface area contributed by atoms with Crippen LogP contribution < -0.4 is 10.6 Å². The van der Waals surface area contributed by atoms with Gasteiger partial charge in [0, 0.05) is 24.7 Å². The molecule has 28 heavy (non-hydrogen) atoms. The number of nitrogens with zero attached hydrogens (tertiary/aromatic N) is 3. The normalized spacial score (nSPS) is 10.9. The van der Waals surface area contributed by atoms with Gasteiger partial charge in [0.2, 0.25) is 5.95 Å². The number of aryl methyl sites for hydroxylation is 1. The predicted octanol–water partition coefficient (Wildman–Crippen LogP) is 4.43. The summed E-state index contributed by atoms with van der Waals surface area (Å²) in [6.07, 6.45) is 1.04. The number of hydrogen-bond acceptors (Lipinski definition) is 5. The minimum Gasteiger partial charge on any atom is -0.366 e. The first-order chi connectivity index (χ1) is 13.6. The van der Waals surface area contributed by atoms with Crippen LogP contribution in [-0.4, -0.2) is 42.1 Å². The molecule has 0 amide bonds. The summed E-state index contributed by atoms with van der Waals surface area (Å²) < 4.78 is 0. The Labute approximate surface area is 167 Å². The molecule has 0 fully saturated rings. The van der Waals surface area contributed by atoms with E-state index in [1.807, 2.05) is 24.3 Å². The third-order valence-corrected chi connectivity index (χ3v) is 4.42. The highest BCUT2D eigenvalue weighted by Crippen LogP contribution is 2.21. The third-order valence-electron chi connectivity index (χ3n) is 4.42. The predicted molar refractivity (Wildman–Crippen MR) is 118 cm³/mol. The van der Waals surface area contributed by atoms with Gasteiger partial charge in [-0.2, -0.15) is 4.98 Å². The molecule has 1 heterocycles. The summed E-state index contributed by atoms with van der Waals surface area (Å²) >= 11 is 0. The van der Waals surface area contributed by atoms with Crippen molar-refractivity contribution in [1.29, 1.82) is 0 Å². The zero-order valence-electron chi connectivity index (χ0n) is 16.9. The third kappa shape index (κ3) is 6.06. The van der Waals surface area contributed by atoms with Gasteiger partial charge >= 0.3 is 0 Å². The minimum absolute atomic E-state index is 0.659. The highest BCUT2D eigenvalue weighted by Gasteiger charge is 2.07. The van der Waals surface area contributed by atoms with Crippen molar-refractivity contribution >= 4 is 11.8 Å². The Hall–Kier alpha value is -2.92. The average molecular weight is 376 g/mol. The maximum atomic E-state index is 4.71. The van der Waals surface area contributed by atoms with Gasteiger partial charge in [-0.3, -0.25) is 0 Å². The van der Waals surface area contributed by atoms with Gasteiger partial charge in [0.15, 0.2) is 0 Å². The first-order valence-corrected chi connectivity index (χ1v) is 9.73. The fourth-order valence-corrected chi connectivity index (χ4v) is 2.98. The van der Waals surface area contributed by atoms with E-state index in [0.717, 1.165) is 43.1 Å². The molecule has 3 aromatic rings. The molecule has 0 unspecified atom stereocenters. The quantitative estimate of drug-likeness (QED) is 0.542. The molecule has 1 aromatic heterocycles. The smallest absolute Gasteiger partial charge is 0.225 e. The molecule has 2 aromatic carbocycles. The Morgan fingerprint density at radius 2 is 1.71 bits per heavy atom. The van der Waals surface area contributed by atoms with Gasteiger partial charge in [0.25, 0.3) is 0 Å². The number of anilines is 2. The molecule has 0 saturated heterocycles. The van der Waals surface area contributed by atoms with Crippen molar-refractivity contribution in [3.8, 4) is 11.3 Å². The minimum atomic E-state index is 0.659. The van der Waals surface area contributed by atoms with Gasteiger partial charge in [-0.1, -0.05) is 60.2 Å². The molecule has 0 aliphatic carbocycles. The molecule has 0 bridgehead atoms. The van der Waals surface area contributed by atoms with E-state index in [2.05, 4.69) is 77.9 Å². The van der Waals surface area contributed by atoms with Gasteiger partial charge in [-0.05, 0) is 39.5 Å². The molecular weight excluding hydrogens is 346 g/mol. The van der Waals surface area contributed by atoms with Gasteiger partial charge in [0.05, 0.1) is 5.69 Å². The van der Waals surface area contributed by atoms with E-state index in [1.165, 1.54) is 11.1 Å². The lowest BCUT2D eigenvalue weighted by Gasteiger charge is -2.13. The Bertz CT molecular complexity index is 877. The highest BCUT2D eigenvalue weighted by atomic mass is 15.1. The molecule has 2 N–H and O–H groups in total. The van der Waals surface area contributed by atoms with Gasteiger partial charge in [-0.25, -0.2) is 4.98 Å². The molecule has 0 spiro atoms. The zero-order valence-corrected chi connectivity index (χ0v) is 16.9. The topological polar surface area (TPSA) is 53.1 Å². The van der Waals surface area contributed by atoms with Crippen LogP contribution in [0.2, 0.25) is 0 Å². The van der Waals surface area contributed by atoms with Crippen molar-refractivity contribution in [3.63, 3.8) is 0 Å². The summed E-state index contributed by atoms with van der Waals surface area (Å²) in [7, 11) is 4.17. The molecule has 0 aliphatic heterocycles. The van der Waals surface area contributed by atoms with Crippen LogP contribution in [0.1, 0.15) is 17.5 Å². The molecule has 5 heteroatoms. The van der Waals surface area contributed by atoms with Crippen LogP contribution in [0.5, 0.6) is 0 Å². The van der Waals surface area contributed by atoms with Gasteiger partial charge in [-0.15, -0.1) is 0 Å². The van der Waals surface area contributed by atoms with E-state index in [-0.39, 0.29) is 0 Å². The number of aromatic nitrogens is 2. The molecule has 0 atom stereocenters. The zero-order chi connectivity index (χ0) is 19.8. The van der Waals surface area contributed by atoms with Crippen molar-refractivity contribution in [2.24, 2.45) is 0 Å². The molecule has 0 aliphatic rings. The van der Waals surface area contributed by atoms with Crippen LogP contribution in [0.4, 0.5) is 11.8 Å². The summed E-state index contributed by atoms with van der Waals surface area (Å²) in [5.74, 6) is 1.48. The summed E-state index contributed by atoms with van der Waals surface area (Å²) in [6, 6.07) is 20.7. The number of benzene rings is 2. The fraction of sp³-hybridized carbons (Fsp3) is 0.304. The molecule has 0 radical (unpaired) electrons. The first-order valence-electron chi connectivity index (χ1n) is 9.73. The molecule has 0 saturated carbocycles. The molecule has 146 valence electrons. The summed E-state index contributed by atoms with van der Waals surface area (Å²) in [6.45, 7) is 4.71. The number of hydrogen-bond donors (Lipinski definition) is 2. The summed E-state index contributed by atoms with van der Waals surface area (Å²) in [4.78, 5) is 11.6. The Morgan fingerprint density at radius 1 is 0.893 bits per heavy atom. The fourth-order valence-electron chi connectivity index (χ4n) is 2.98. The lowest BCUT2D eigenvalue weighted by Crippen LogP contribution is -2.17. The largest absolute Gasteiger partial charge is 0.366 e. The SMILES string of the molecule is Cc1cccc(CNc2cc(-c3ccccc3)nc(NCCCN(C)C)n2)c1. The molecular formula is C23H29N5. The van der Waals surface area contributed by atoms with Crippen LogP contribution in [0.3, 0.4) is 0 Å². The second kappa shape index (κ2) is 9.85. The Morgan fingerprint density at radius 3 is 2.46 bits per heavy atom.